The van der Waals surface area contributed by atoms with E-state index in [2.05, 4.69) is 5.32 Å². The summed E-state index contributed by atoms with van der Waals surface area (Å²) in [5.74, 6) is 0.0686. The lowest BCUT2D eigenvalue weighted by Gasteiger charge is -2.18. The molecule has 1 aromatic heterocycles. The molecule has 4 nitrogen and oxygen atoms in total. The number of furan rings is 1. The van der Waals surface area contributed by atoms with Crippen molar-refractivity contribution < 1.29 is 14.3 Å². The Kier molecular flexibility index (Phi) is 4.14. The molecule has 0 radical (unpaired) electrons. The van der Waals surface area contributed by atoms with Crippen molar-refractivity contribution in [1.29, 1.82) is 0 Å². The van der Waals surface area contributed by atoms with Crippen molar-refractivity contribution in [3.05, 3.63) is 35.1 Å². The molecule has 0 aliphatic carbocycles. The Morgan fingerprint density at radius 3 is 2.55 bits per heavy atom. The average Bonchev–Trinajstić information content (AvgIpc) is 2.81. The Morgan fingerprint density at radius 2 is 1.90 bits per heavy atom. The van der Waals surface area contributed by atoms with Gasteiger partial charge in [-0.1, -0.05) is 6.92 Å². The second kappa shape index (κ2) is 5.67. The van der Waals surface area contributed by atoms with Crippen LogP contribution in [0.3, 0.4) is 0 Å². The molecule has 1 amide bonds. The maximum Gasteiger partial charge on any atom is 0.287 e. The zero-order valence-electron chi connectivity index (χ0n) is 12.4. The molecule has 2 unspecified atom stereocenters. The predicted molar refractivity (Wildman–Crippen MR) is 78.9 cm³/mol. The van der Waals surface area contributed by atoms with Crippen LogP contribution in [0.2, 0.25) is 0 Å². The van der Waals surface area contributed by atoms with Crippen LogP contribution in [0.1, 0.15) is 35.5 Å². The standard InChI is InChI=1S/C16H21NO3/c1-9-5-13-7-15(20-14(13)6-10(9)2)16(19)17-12(4)11(3)8-18/h5-7,11-12,18H,8H2,1-4H3,(H,17,19). The third kappa shape index (κ3) is 2.85. The molecule has 2 N–H and O–H groups in total. The number of hydrogen-bond donors (Lipinski definition) is 2. The number of aliphatic hydroxyl groups is 1. The van der Waals surface area contributed by atoms with Gasteiger partial charge in [0, 0.05) is 18.0 Å². The Balaban J connectivity index is 2.23. The quantitative estimate of drug-likeness (QED) is 0.902. The van der Waals surface area contributed by atoms with Gasteiger partial charge in [-0.05, 0) is 56.0 Å². The number of aliphatic hydroxyl groups excluding tert-OH is 1. The van der Waals surface area contributed by atoms with Crippen LogP contribution in [0.15, 0.2) is 22.6 Å². The molecule has 0 fully saturated rings. The SMILES string of the molecule is Cc1cc2cc(C(=O)NC(C)C(C)CO)oc2cc1C. The monoisotopic (exact) mass is 275 g/mol. The number of carbonyl (C=O) groups is 1. The van der Waals surface area contributed by atoms with Gasteiger partial charge in [0.05, 0.1) is 0 Å². The molecule has 0 bridgehead atoms. The molecule has 2 aromatic rings. The minimum absolute atomic E-state index is 0.00724. The molecule has 1 aromatic carbocycles. The highest BCUT2D eigenvalue weighted by Crippen LogP contribution is 2.23. The zero-order chi connectivity index (χ0) is 14.9. The lowest BCUT2D eigenvalue weighted by atomic mass is 10.1. The molecule has 2 rings (SSSR count). The lowest BCUT2D eigenvalue weighted by molar-refractivity contribution is 0.0890. The first-order valence-electron chi connectivity index (χ1n) is 6.85. The Hall–Kier alpha value is -1.81. The van der Waals surface area contributed by atoms with Gasteiger partial charge in [0.25, 0.3) is 5.91 Å². The van der Waals surface area contributed by atoms with Crippen LogP contribution in [0, 0.1) is 19.8 Å². The van der Waals surface area contributed by atoms with E-state index in [0.717, 1.165) is 16.5 Å². The first-order valence-corrected chi connectivity index (χ1v) is 6.85. The first kappa shape index (κ1) is 14.6. The third-order valence-corrected chi connectivity index (χ3v) is 3.86. The molecule has 0 saturated heterocycles. The molecule has 0 aliphatic rings. The molecular formula is C16H21NO3. The zero-order valence-corrected chi connectivity index (χ0v) is 12.4. The molecule has 0 spiro atoms. The number of hydrogen-bond acceptors (Lipinski definition) is 3. The van der Waals surface area contributed by atoms with E-state index >= 15 is 0 Å². The summed E-state index contributed by atoms with van der Waals surface area (Å²) in [6.45, 7) is 7.85. The van der Waals surface area contributed by atoms with Gasteiger partial charge >= 0.3 is 0 Å². The fraction of sp³-hybridized carbons (Fsp3) is 0.438. The summed E-state index contributed by atoms with van der Waals surface area (Å²) in [4.78, 5) is 12.1. The second-order valence-electron chi connectivity index (χ2n) is 5.51. The van der Waals surface area contributed by atoms with Crippen LogP contribution in [0.25, 0.3) is 11.0 Å². The number of aryl methyl sites for hydroxylation is 2. The molecule has 20 heavy (non-hydrogen) atoms. The second-order valence-corrected chi connectivity index (χ2v) is 5.51. The summed E-state index contributed by atoms with van der Waals surface area (Å²) in [5.41, 5.74) is 3.04. The molecule has 0 aliphatic heterocycles. The van der Waals surface area contributed by atoms with Gasteiger partial charge in [0.15, 0.2) is 5.76 Å². The topological polar surface area (TPSA) is 62.5 Å². The van der Waals surface area contributed by atoms with Gasteiger partial charge in [-0.15, -0.1) is 0 Å². The average molecular weight is 275 g/mol. The number of rotatable bonds is 4. The van der Waals surface area contributed by atoms with Crippen LogP contribution >= 0.6 is 0 Å². The first-order chi connectivity index (χ1) is 9.42. The van der Waals surface area contributed by atoms with Crippen molar-refractivity contribution in [2.45, 2.75) is 33.7 Å². The molecule has 0 saturated carbocycles. The Morgan fingerprint density at radius 1 is 1.25 bits per heavy atom. The summed E-state index contributed by atoms with van der Waals surface area (Å²) in [7, 11) is 0. The number of fused-ring (bicyclic) bond motifs is 1. The maximum atomic E-state index is 12.1. The molecule has 2 atom stereocenters. The van der Waals surface area contributed by atoms with Gasteiger partial charge in [-0.25, -0.2) is 0 Å². The van der Waals surface area contributed by atoms with Crippen molar-refractivity contribution in [3.8, 4) is 0 Å². The normalized spacial score (nSPS) is 14.2. The van der Waals surface area contributed by atoms with E-state index in [4.69, 9.17) is 9.52 Å². The fourth-order valence-electron chi connectivity index (χ4n) is 1.99. The van der Waals surface area contributed by atoms with Gasteiger partial charge in [-0.3, -0.25) is 4.79 Å². The third-order valence-electron chi connectivity index (χ3n) is 3.86. The van der Waals surface area contributed by atoms with Crippen molar-refractivity contribution in [2.24, 2.45) is 5.92 Å². The van der Waals surface area contributed by atoms with Crippen molar-refractivity contribution in [3.63, 3.8) is 0 Å². The van der Waals surface area contributed by atoms with Crippen LogP contribution in [0.5, 0.6) is 0 Å². The number of amides is 1. The molecule has 4 heteroatoms. The van der Waals surface area contributed by atoms with E-state index in [0.29, 0.717) is 5.76 Å². The van der Waals surface area contributed by atoms with Crippen LogP contribution in [-0.2, 0) is 0 Å². The molecular weight excluding hydrogens is 254 g/mol. The maximum absolute atomic E-state index is 12.1. The molecule has 108 valence electrons. The van der Waals surface area contributed by atoms with E-state index in [1.807, 2.05) is 39.8 Å². The number of carbonyl (C=O) groups excluding carboxylic acids is 1. The highest BCUT2D eigenvalue weighted by atomic mass is 16.3. The van der Waals surface area contributed by atoms with E-state index in [1.165, 1.54) is 5.56 Å². The Labute approximate surface area is 118 Å². The van der Waals surface area contributed by atoms with Crippen molar-refractivity contribution in [2.75, 3.05) is 6.61 Å². The summed E-state index contributed by atoms with van der Waals surface area (Å²) in [5, 5.41) is 12.9. The van der Waals surface area contributed by atoms with Crippen molar-refractivity contribution >= 4 is 16.9 Å². The number of benzene rings is 1. The minimum Gasteiger partial charge on any atom is -0.451 e. The van der Waals surface area contributed by atoms with Crippen LogP contribution < -0.4 is 5.32 Å². The smallest absolute Gasteiger partial charge is 0.287 e. The van der Waals surface area contributed by atoms with Gasteiger partial charge < -0.3 is 14.8 Å². The van der Waals surface area contributed by atoms with Gasteiger partial charge in [-0.2, -0.15) is 0 Å². The minimum atomic E-state index is -0.246. The van der Waals surface area contributed by atoms with E-state index in [9.17, 15) is 4.79 Å². The summed E-state index contributed by atoms with van der Waals surface area (Å²) in [6.07, 6.45) is 0. The highest BCUT2D eigenvalue weighted by Gasteiger charge is 2.18. The summed E-state index contributed by atoms with van der Waals surface area (Å²) in [6, 6.07) is 5.61. The van der Waals surface area contributed by atoms with Crippen LogP contribution in [-0.4, -0.2) is 23.7 Å². The van der Waals surface area contributed by atoms with E-state index in [1.54, 1.807) is 6.07 Å². The molecule has 1 heterocycles. The van der Waals surface area contributed by atoms with Crippen LogP contribution in [0.4, 0.5) is 0 Å². The highest BCUT2D eigenvalue weighted by molar-refractivity contribution is 5.96. The van der Waals surface area contributed by atoms with Crippen molar-refractivity contribution in [1.82, 2.24) is 5.32 Å². The largest absolute Gasteiger partial charge is 0.451 e. The predicted octanol–water partition coefficient (Wildman–Crippen LogP) is 2.80. The lowest BCUT2D eigenvalue weighted by Crippen LogP contribution is -2.38. The van der Waals surface area contributed by atoms with E-state index in [-0.39, 0.29) is 24.5 Å². The van der Waals surface area contributed by atoms with E-state index < -0.39 is 0 Å². The number of nitrogens with one attached hydrogen (secondary N) is 1. The summed E-state index contributed by atoms with van der Waals surface area (Å²) >= 11 is 0. The fourth-order valence-corrected chi connectivity index (χ4v) is 1.99. The van der Waals surface area contributed by atoms with Gasteiger partial charge in [0.1, 0.15) is 5.58 Å². The van der Waals surface area contributed by atoms with Gasteiger partial charge in [0.2, 0.25) is 0 Å². The summed E-state index contributed by atoms with van der Waals surface area (Å²) < 4.78 is 5.61. The Bertz CT molecular complexity index is 591.